The van der Waals surface area contributed by atoms with Crippen molar-refractivity contribution >= 4 is 0 Å². The molecule has 0 bridgehead atoms. The normalized spacial score (nSPS) is 12.6. The van der Waals surface area contributed by atoms with Crippen LogP contribution < -0.4 is 5.73 Å². The van der Waals surface area contributed by atoms with Crippen LogP contribution in [0.3, 0.4) is 0 Å². The summed E-state index contributed by atoms with van der Waals surface area (Å²) in [5.41, 5.74) is 6.51. The fourth-order valence-electron chi connectivity index (χ4n) is 1.69. The number of nitrogens with zero attached hydrogens (tertiary/aromatic N) is 2. The van der Waals surface area contributed by atoms with E-state index in [1.165, 1.54) is 0 Å². The van der Waals surface area contributed by atoms with Crippen LogP contribution in [0.15, 0.2) is 30.3 Å². The van der Waals surface area contributed by atoms with Crippen molar-refractivity contribution < 1.29 is 4.74 Å². The van der Waals surface area contributed by atoms with Gasteiger partial charge in [0.1, 0.15) is 11.9 Å². The number of H-pyrrole nitrogens is 1. The van der Waals surface area contributed by atoms with Gasteiger partial charge in [-0.15, -0.1) is 0 Å². The number of benzene rings is 1. The van der Waals surface area contributed by atoms with Gasteiger partial charge in [-0.2, -0.15) is 5.10 Å². The van der Waals surface area contributed by atoms with Crippen molar-refractivity contribution in [3.8, 4) is 0 Å². The third kappa shape index (κ3) is 2.69. The number of nitrogens with two attached hydrogens (primary N) is 1. The van der Waals surface area contributed by atoms with Crippen LogP contribution in [0, 0.1) is 0 Å². The van der Waals surface area contributed by atoms with Crippen molar-refractivity contribution in [2.24, 2.45) is 5.73 Å². The van der Waals surface area contributed by atoms with Gasteiger partial charge >= 0.3 is 0 Å². The molecule has 90 valence electrons. The first-order chi connectivity index (χ1) is 8.35. The molecule has 5 nitrogen and oxygen atoms in total. The van der Waals surface area contributed by atoms with Crippen molar-refractivity contribution in [2.45, 2.75) is 12.5 Å². The quantitative estimate of drug-likeness (QED) is 0.807. The van der Waals surface area contributed by atoms with Gasteiger partial charge in [-0.25, -0.2) is 4.98 Å². The number of rotatable bonds is 5. The Morgan fingerprint density at radius 1 is 1.35 bits per heavy atom. The standard InChI is InChI=1S/C12H16N4O/c1-17-11(9-5-3-2-4-6-9)12-14-10(7-8-13)15-16-12/h2-6,11H,7-8,13H2,1H3,(H,14,15,16). The molecule has 0 saturated carbocycles. The molecule has 0 aliphatic carbocycles. The van der Waals surface area contributed by atoms with Gasteiger partial charge in [0.15, 0.2) is 5.82 Å². The Balaban J connectivity index is 2.23. The first-order valence-corrected chi connectivity index (χ1v) is 5.54. The van der Waals surface area contributed by atoms with E-state index in [1.54, 1.807) is 7.11 Å². The molecule has 0 fully saturated rings. The van der Waals surface area contributed by atoms with E-state index in [0.29, 0.717) is 18.8 Å². The number of ether oxygens (including phenoxy) is 1. The molecular formula is C12H16N4O. The number of aromatic nitrogens is 3. The second kappa shape index (κ2) is 5.56. The maximum atomic E-state index is 5.47. The molecule has 5 heteroatoms. The average Bonchev–Trinajstić information content (AvgIpc) is 2.81. The lowest BCUT2D eigenvalue weighted by Crippen LogP contribution is -2.06. The van der Waals surface area contributed by atoms with Crippen molar-refractivity contribution in [2.75, 3.05) is 13.7 Å². The van der Waals surface area contributed by atoms with Crippen LogP contribution >= 0.6 is 0 Å². The molecule has 1 atom stereocenters. The van der Waals surface area contributed by atoms with Gasteiger partial charge in [-0.1, -0.05) is 30.3 Å². The zero-order chi connectivity index (χ0) is 12.1. The van der Waals surface area contributed by atoms with Crippen molar-refractivity contribution in [1.29, 1.82) is 0 Å². The van der Waals surface area contributed by atoms with Gasteiger partial charge in [0.25, 0.3) is 0 Å². The minimum absolute atomic E-state index is 0.237. The molecule has 2 rings (SSSR count). The number of nitrogens with one attached hydrogen (secondary N) is 1. The van der Waals surface area contributed by atoms with Gasteiger partial charge in [0.05, 0.1) is 0 Å². The predicted octanol–water partition coefficient (Wildman–Crippen LogP) is 1.04. The topological polar surface area (TPSA) is 76.8 Å². The highest BCUT2D eigenvalue weighted by atomic mass is 16.5. The largest absolute Gasteiger partial charge is 0.369 e. The van der Waals surface area contributed by atoms with Crippen molar-refractivity contribution in [3.63, 3.8) is 0 Å². The van der Waals surface area contributed by atoms with E-state index < -0.39 is 0 Å². The summed E-state index contributed by atoms with van der Waals surface area (Å²) >= 11 is 0. The SMILES string of the molecule is COC(c1ccccc1)c1n[nH]c(CCN)n1. The first-order valence-electron chi connectivity index (χ1n) is 5.54. The highest BCUT2D eigenvalue weighted by Gasteiger charge is 2.17. The van der Waals surface area contributed by atoms with Crippen LogP contribution in [-0.2, 0) is 11.2 Å². The van der Waals surface area contributed by atoms with Crippen molar-refractivity contribution in [1.82, 2.24) is 15.2 Å². The summed E-state index contributed by atoms with van der Waals surface area (Å²) in [6.07, 6.45) is 0.456. The van der Waals surface area contributed by atoms with Gasteiger partial charge < -0.3 is 10.5 Å². The fourth-order valence-corrected chi connectivity index (χ4v) is 1.69. The Hall–Kier alpha value is -1.72. The van der Waals surface area contributed by atoms with Crippen LogP contribution in [0.4, 0.5) is 0 Å². The summed E-state index contributed by atoms with van der Waals surface area (Å²) in [5.74, 6) is 1.43. The van der Waals surface area contributed by atoms with Crippen LogP contribution in [0.2, 0.25) is 0 Å². The summed E-state index contributed by atoms with van der Waals surface area (Å²) in [7, 11) is 1.65. The Bertz CT molecular complexity index is 455. The van der Waals surface area contributed by atoms with E-state index in [1.807, 2.05) is 30.3 Å². The summed E-state index contributed by atoms with van der Waals surface area (Å²) in [6.45, 7) is 0.553. The Labute approximate surface area is 100 Å². The lowest BCUT2D eigenvalue weighted by atomic mass is 10.1. The van der Waals surface area contributed by atoms with E-state index in [9.17, 15) is 0 Å². The summed E-state index contributed by atoms with van der Waals surface area (Å²) in [5, 5.41) is 7.04. The second-order valence-corrected chi connectivity index (χ2v) is 3.71. The van der Waals surface area contributed by atoms with E-state index in [0.717, 1.165) is 11.4 Å². The van der Waals surface area contributed by atoms with E-state index in [4.69, 9.17) is 10.5 Å². The number of hydrogen-bond acceptors (Lipinski definition) is 4. The Morgan fingerprint density at radius 2 is 2.12 bits per heavy atom. The second-order valence-electron chi connectivity index (χ2n) is 3.71. The maximum Gasteiger partial charge on any atom is 0.183 e. The van der Waals surface area contributed by atoms with Gasteiger partial charge in [-0.3, -0.25) is 5.10 Å². The minimum Gasteiger partial charge on any atom is -0.369 e. The minimum atomic E-state index is -0.237. The zero-order valence-electron chi connectivity index (χ0n) is 9.76. The summed E-state index contributed by atoms with van der Waals surface area (Å²) in [6, 6.07) is 9.89. The highest BCUT2D eigenvalue weighted by molar-refractivity contribution is 5.22. The monoisotopic (exact) mass is 232 g/mol. The molecule has 0 radical (unpaired) electrons. The van der Waals surface area contributed by atoms with E-state index in [-0.39, 0.29) is 6.10 Å². The molecule has 2 aromatic rings. The average molecular weight is 232 g/mol. The molecule has 1 aromatic carbocycles. The highest BCUT2D eigenvalue weighted by Crippen LogP contribution is 2.21. The molecule has 0 aliphatic heterocycles. The molecule has 1 unspecified atom stereocenters. The molecule has 0 saturated heterocycles. The number of methoxy groups -OCH3 is 1. The Kier molecular flexibility index (Phi) is 3.85. The number of aromatic amines is 1. The predicted molar refractivity (Wildman–Crippen MR) is 64.4 cm³/mol. The molecular weight excluding hydrogens is 216 g/mol. The molecule has 0 amide bonds. The smallest absolute Gasteiger partial charge is 0.183 e. The maximum absolute atomic E-state index is 5.47. The van der Waals surface area contributed by atoms with Crippen LogP contribution in [-0.4, -0.2) is 28.8 Å². The molecule has 0 spiro atoms. The third-order valence-corrected chi connectivity index (χ3v) is 2.50. The van der Waals surface area contributed by atoms with Gasteiger partial charge in [0, 0.05) is 13.5 Å². The fraction of sp³-hybridized carbons (Fsp3) is 0.333. The Morgan fingerprint density at radius 3 is 2.76 bits per heavy atom. The van der Waals surface area contributed by atoms with E-state index >= 15 is 0 Å². The molecule has 1 heterocycles. The van der Waals surface area contributed by atoms with Crippen LogP contribution in [0.25, 0.3) is 0 Å². The lowest BCUT2D eigenvalue weighted by Gasteiger charge is -2.11. The molecule has 1 aromatic heterocycles. The van der Waals surface area contributed by atoms with Crippen molar-refractivity contribution in [3.05, 3.63) is 47.5 Å². The molecule has 3 N–H and O–H groups in total. The van der Waals surface area contributed by atoms with Gasteiger partial charge in [-0.05, 0) is 12.1 Å². The third-order valence-electron chi connectivity index (χ3n) is 2.50. The van der Waals surface area contributed by atoms with E-state index in [2.05, 4.69) is 15.2 Å². The van der Waals surface area contributed by atoms with Crippen LogP contribution in [0.5, 0.6) is 0 Å². The summed E-state index contributed by atoms with van der Waals surface area (Å²) in [4.78, 5) is 4.38. The van der Waals surface area contributed by atoms with Gasteiger partial charge in [0.2, 0.25) is 0 Å². The lowest BCUT2D eigenvalue weighted by molar-refractivity contribution is 0.129. The molecule has 0 aliphatic rings. The zero-order valence-corrected chi connectivity index (χ0v) is 9.76. The van der Waals surface area contributed by atoms with Crippen LogP contribution in [0.1, 0.15) is 23.3 Å². The molecule has 17 heavy (non-hydrogen) atoms. The number of hydrogen-bond donors (Lipinski definition) is 2. The summed E-state index contributed by atoms with van der Waals surface area (Å²) < 4.78 is 5.44. The first kappa shape index (κ1) is 11.8.